The van der Waals surface area contributed by atoms with Crippen LogP contribution in [0.2, 0.25) is 0 Å². The van der Waals surface area contributed by atoms with E-state index in [0.29, 0.717) is 0 Å². The number of carbonyl (C=O) groups excluding carboxylic acids is 1. The molecule has 0 saturated carbocycles. The fourth-order valence-electron chi connectivity index (χ4n) is 2.90. The maximum Gasteiger partial charge on any atom is 0.414 e. The molecule has 0 aromatic carbocycles. The van der Waals surface area contributed by atoms with Gasteiger partial charge in [-0.2, -0.15) is 0 Å². The SMILES string of the molecule is CCc1nc(N2CCCCCC2)ccc1N(C)C(=O)OC(C)C. The molecular weight excluding hydrogens is 290 g/mol. The van der Waals surface area contributed by atoms with Crippen LogP contribution in [0.15, 0.2) is 12.1 Å². The number of hydrogen-bond acceptors (Lipinski definition) is 4. The van der Waals surface area contributed by atoms with Gasteiger partial charge >= 0.3 is 6.09 Å². The minimum absolute atomic E-state index is 0.126. The first-order chi connectivity index (χ1) is 11.0. The molecule has 1 amide bonds. The minimum atomic E-state index is -0.334. The zero-order valence-electron chi connectivity index (χ0n) is 14.8. The summed E-state index contributed by atoms with van der Waals surface area (Å²) in [4.78, 5) is 20.9. The Labute approximate surface area is 139 Å². The summed E-state index contributed by atoms with van der Waals surface area (Å²) in [6.45, 7) is 7.92. The lowest BCUT2D eigenvalue weighted by molar-refractivity contribution is 0.124. The number of pyridine rings is 1. The van der Waals surface area contributed by atoms with Gasteiger partial charge in [-0.3, -0.25) is 4.90 Å². The van der Waals surface area contributed by atoms with Crippen molar-refractivity contribution in [3.05, 3.63) is 17.8 Å². The van der Waals surface area contributed by atoms with Gasteiger partial charge in [0, 0.05) is 20.1 Å². The maximum absolute atomic E-state index is 12.1. The third-order valence-electron chi connectivity index (χ3n) is 4.17. The van der Waals surface area contributed by atoms with Gasteiger partial charge in [0.2, 0.25) is 0 Å². The predicted octanol–water partition coefficient (Wildman–Crippen LogP) is 4.01. The number of aromatic nitrogens is 1. The summed E-state index contributed by atoms with van der Waals surface area (Å²) in [6, 6.07) is 4.02. The van der Waals surface area contributed by atoms with Gasteiger partial charge in [-0.05, 0) is 45.2 Å². The van der Waals surface area contributed by atoms with E-state index < -0.39 is 0 Å². The zero-order chi connectivity index (χ0) is 16.8. The number of aryl methyl sites for hydroxylation is 1. The molecule has 0 spiro atoms. The summed E-state index contributed by atoms with van der Waals surface area (Å²) in [5.41, 5.74) is 1.77. The van der Waals surface area contributed by atoms with Gasteiger partial charge in [-0.25, -0.2) is 9.78 Å². The normalized spacial score (nSPS) is 15.4. The Morgan fingerprint density at radius 3 is 2.48 bits per heavy atom. The average molecular weight is 319 g/mol. The molecule has 0 unspecified atom stereocenters. The summed E-state index contributed by atoms with van der Waals surface area (Å²) in [5, 5.41) is 0. The maximum atomic E-state index is 12.1. The molecular formula is C18H29N3O2. The number of anilines is 2. The molecule has 0 atom stereocenters. The number of hydrogen-bond donors (Lipinski definition) is 0. The molecule has 1 aromatic rings. The van der Waals surface area contributed by atoms with Gasteiger partial charge < -0.3 is 9.64 Å². The summed E-state index contributed by atoms with van der Waals surface area (Å²) >= 11 is 0. The number of carbonyl (C=O) groups is 1. The highest BCUT2D eigenvalue weighted by atomic mass is 16.6. The number of ether oxygens (including phenoxy) is 1. The molecule has 5 nitrogen and oxygen atoms in total. The lowest BCUT2D eigenvalue weighted by Crippen LogP contribution is -2.31. The first-order valence-electron chi connectivity index (χ1n) is 8.72. The van der Waals surface area contributed by atoms with Crippen molar-refractivity contribution < 1.29 is 9.53 Å². The van der Waals surface area contributed by atoms with E-state index >= 15 is 0 Å². The van der Waals surface area contributed by atoms with E-state index in [1.54, 1.807) is 11.9 Å². The molecule has 1 aromatic heterocycles. The molecule has 23 heavy (non-hydrogen) atoms. The highest BCUT2D eigenvalue weighted by molar-refractivity contribution is 5.88. The summed E-state index contributed by atoms with van der Waals surface area (Å²) < 4.78 is 5.28. The molecule has 1 saturated heterocycles. The third kappa shape index (κ3) is 4.60. The highest BCUT2D eigenvalue weighted by Gasteiger charge is 2.19. The molecule has 1 aliphatic rings. The van der Waals surface area contributed by atoms with Crippen molar-refractivity contribution in [3.8, 4) is 0 Å². The van der Waals surface area contributed by atoms with E-state index in [1.807, 2.05) is 26.0 Å². The van der Waals surface area contributed by atoms with Crippen molar-refractivity contribution >= 4 is 17.6 Å². The quantitative estimate of drug-likeness (QED) is 0.841. The molecule has 1 fully saturated rings. The van der Waals surface area contributed by atoms with E-state index in [2.05, 4.69) is 11.8 Å². The second kappa shape index (κ2) is 8.18. The minimum Gasteiger partial charge on any atom is -0.446 e. The summed E-state index contributed by atoms with van der Waals surface area (Å²) in [7, 11) is 1.74. The third-order valence-corrected chi connectivity index (χ3v) is 4.17. The van der Waals surface area contributed by atoms with Gasteiger partial charge in [0.05, 0.1) is 17.5 Å². The largest absolute Gasteiger partial charge is 0.446 e. The van der Waals surface area contributed by atoms with Crippen LogP contribution in [0, 0.1) is 0 Å². The van der Waals surface area contributed by atoms with E-state index in [0.717, 1.165) is 36.7 Å². The highest BCUT2D eigenvalue weighted by Crippen LogP contribution is 2.25. The Hall–Kier alpha value is -1.78. The van der Waals surface area contributed by atoms with Gasteiger partial charge in [0.25, 0.3) is 0 Å². The number of rotatable bonds is 4. The molecule has 2 rings (SSSR count). The topological polar surface area (TPSA) is 45.7 Å². The van der Waals surface area contributed by atoms with Gasteiger partial charge in [-0.1, -0.05) is 19.8 Å². The monoisotopic (exact) mass is 319 g/mol. The second-order valence-electron chi connectivity index (χ2n) is 6.38. The van der Waals surface area contributed by atoms with E-state index in [4.69, 9.17) is 9.72 Å². The van der Waals surface area contributed by atoms with Gasteiger partial charge in [0.15, 0.2) is 0 Å². The van der Waals surface area contributed by atoms with Crippen LogP contribution in [0.25, 0.3) is 0 Å². The first kappa shape index (κ1) is 17.6. The Morgan fingerprint density at radius 2 is 1.91 bits per heavy atom. The Balaban J connectivity index is 2.20. The van der Waals surface area contributed by atoms with Crippen LogP contribution in [-0.2, 0) is 11.2 Å². The molecule has 1 aliphatic heterocycles. The number of amides is 1. The van der Waals surface area contributed by atoms with Crippen LogP contribution in [0.4, 0.5) is 16.3 Å². The van der Waals surface area contributed by atoms with E-state index in [9.17, 15) is 4.79 Å². The van der Waals surface area contributed by atoms with Gasteiger partial charge in [0.1, 0.15) is 5.82 Å². The van der Waals surface area contributed by atoms with Crippen LogP contribution < -0.4 is 9.80 Å². The molecule has 0 radical (unpaired) electrons. The lowest BCUT2D eigenvalue weighted by Gasteiger charge is -2.25. The Kier molecular flexibility index (Phi) is 6.25. The standard InChI is InChI=1S/C18H29N3O2/c1-5-15-16(20(4)18(22)23-14(2)3)10-11-17(19-15)21-12-8-6-7-9-13-21/h10-11,14H,5-9,12-13H2,1-4H3. The van der Waals surface area contributed by atoms with Crippen molar-refractivity contribution in [1.29, 1.82) is 0 Å². The van der Waals surface area contributed by atoms with Crippen molar-refractivity contribution in [2.45, 2.75) is 59.0 Å². The average Bonchev–Trinajstić information content (AvgIpc) is 2.82. The molecule has 5 heteroatoms. The van der Waals surface area contributed by atoms with Crippen molar-refractivity contribution in [2.24, 2.45) is 0 Å². The fourth-order valence-corrected chi connectivity index (χ4v) is 2.90. The molecule has 0 bridgehead atoms. The van der Waals surface area contributed by atoms with Crippen molar-refractivity contribution in [1.82, 2.24) is 4.98 Å². The number of nitrogens with zero attached hydrogens (tertiary/aromatic N) is 3. The Bertz CT molecular complexity index is 523. The fraction of sp³-hybridized carbons (Fsp3) is 0.667. The summed E-state index contributed by atoms with van der Waals surface area (Å²) in [5.74, 6) is 1.03. The molecule has 2 heterocycles. The smallest absolute Gasteiger partial charge is 0.414 e. The van der Waals surface area contributed by atoms with Crippen LogP contribution in [0.3, 0.4) is 0 Å². The van der Waals surface area contributed by atoms with Crippen LogP contribution in [0.5, 0.6) is 0 Å². The van der Waals surface area contributed by atoms with Crippen LogP contribution >= 0.6 is 0 Å². The molecule has 0 N–H and O–H groups in total. The summed E-state index contributed by atoms with van der Waals surface area (Å²) in [6.07, 6.45) is 5.39. The van der Waals surface area contributed by atoms with E-state index in [-0.39, 0.29) is 12.2 Å². The lowest BCUT2D eigenvalue weighted by atomic mass is 10.2. The first-order valence-corrected chi connectivity index (χ1v) is 8.72. The Morgan fingerprint density at radius 1 is 1.26 bits per heavy atom. The van der Waals surface area contributed by atoms with Crippen molar-refractivity contribution in [2.75, 3.05) is 29.9 Å². The van der Waals surface area contributed by atoms with Crippen LogP contribution in [-0.4, -0.2) is 37.3 Å². The van der Waals surface area contributed by atoms with Gasteiger partial charge in [-0.15, -0.1) is 0 Å². The van der Waals surface area contributed by atoms with E-state index in [1.165, 1.54) is 25.7 Å². The predicted molar refractivity (Wildman–Crippen MR) is 94.3 cm³/mol. The van der Waals surface area contributed by atoms with Crippen LogP contribution in [0.1, 0.15) is 52.1 Å². The molecule has 128 valence electrons. The second-order valence-corrected chi connectivity index (χ2v) is 6.38. The van der Waals surface area contributed by atoms with Crippen molar-refractivity contribution in [3.63, 3.8) is 0 Å². The zero-order valence-corrected chi connectivity index (χ0v) is 14.8. The molecule has 0 aliphatic carbocycles.